The van der Waals surface area contributed by atoms with E-state index >= 15 is 0 Å². The summed E-state index contributed by atoms with van der Waals surface area (Å²) in [6, 6.07) is 13.9. The smallest absolute Gasteiger partial charge is 0.341 e. The van der Waals surface area contributed by atoms with E-state index in [-0.39, 0.29) is 123 Å². The molecule has 0 radical (unpaired) electrons. The maximum absolute atomic E-state index is 14.9. The van der Waals surface area contributed by atoms with Crippen LogP contribution in [0, 0.1) is 23.5 Å². The summed E-state index contributed by atoms with van der Waals surface area (Å²) in [4.78, 5) is 50.3. The number of halogens is 5. The summed E-state index contributed by atoms with van der Waals surface area (Å²) < 4.78 is 111. The van der Waals surface area contributed by atoms with Crippen LogP contribution in [0.25, 0.3) is 21.8 Å². The van der Waals surface area contributed by atoms with E-state index in [0.717, 1.165) is 0 Å². The molecular weight excluding hydrogens is 1220 g/mol. The number of pyridine rings is 2. The molecule has 0 bridgehead atoms. The Morgan fingerprint density at radius 1 is 0.635 bits per heavy atom. The van der Waals surface area contributed by atoms with Crippen molar-refractivity contribution in [3.05, 3.63) is 149 Å². The Kier molecular flexibility index (Phi) is 25.9. The first-order valence-electron chi connectivity index (χ1n) is 26.3. The molecule has 468 valence electrons. The number of methoxy groups -OCH3 is 2. The second-order valence-corrected chi connectivity index (χ2v) is 27.2. The zero-order valence-corrected chi connectivity index (χ0v) is 53.0. The molecule has 20 nitrogen and oxygen atoms in total. The molecule has 2 aromatic heterocycles. The van der Waals surface area contributed by atoms with E-state index in [1.165, 1.54) is 75.1 Å². The Balaban J connectivity index is 0.000000320. The topological polar surface area (TPSA) is 277 Å². The number of phenolic OH excluding ortho intramolecular Hbond substituents is 1. The fourth-order valence-electron chi connectivity index (χ4n) is 8.72. The minimum Gasteiger partial charge on any atom is -0.508 e. The van der Waals surface area contributed by atoms with Crippen LogP contribution in [0.5, 0.6) is 11.5 Å². The summed E-state index contributed by atoms with van der Waals surface area (Å²) in [5.41, 5.74) is -1.96. The number of hydrogen-bond donors (Lipinski definition) is 5. The fraction of sp³-hybridized carbons (Fsp3) is 0.448. The predicted molar refractivity (Wildman–Crippen MR) is 324 cm³/mol. The van der Waals surface area contributed by atoms with E-state index in [4.69, 9.17) is 58.5 Å². The molecule has 0 saturated heterocycles. The molecule has 2 heterocycles. The molecule has 6 aromatic rings. The van der Waals surface area contributed by atoms with Crippen molar-refractivity contribution in [2.45, 2.75) is 105 Å². The molecule has 2 atom stereocenters. The number of hydrogen-bond acceptors (Lipinski definition) is 14. The van der Waals surface area contributed by atoms with Crippen LogP contribution in [-0.2, 0) is 51.8 Å². The molecule has 0 aliphatic carbocycles. The Hall–Kier alpha value is -5.77. The zero-order valence-electron chi connectivity index (χ0n) is 49.1. The van der Waals surface area contributed by atoms with Gasteiger partial charge in [0.05, 0.1) is 46.4 Å². The number of ether oxygens (including phenoxy) is 5. The van der Waals surface area contributed by atoms with E-state index in [2.05, 4.69) is 9.44 Å². The van der Waals surface area contributed by atoms with Crippen molar-refractivity contribution in [1.29, 1.82) is 0 Å². The Labute approximate surface area is 508 Å². The van der Waals surface area contributed by atoms with Crippen molar-refractivity contribution < 1.29 is 74.2 Å². The molecule has 85 heavy (non-hydrogen) atoms. The van der Waals surface area contributed by atoms with E-state index in [1.807, 2.05) is 27.7 Å². The minimum atomic E-state index is -3.92. The normalized spacial score (nSPS) is 12.9. The summed E-state index contributed by atoms with van der Waals surface area (Å²) >= 11 is 17.0. The number of fused-ring (bicyclic) bond motifs is 2. The number of carboxylic acid groups (broad SMARTS) is 2. The number of benzene rings is 4. The van der Waals surface area contributed by atoms with Crippen LogP contribution in [0.15, 0.2) is 82.6 Å². The van der Waals surface area contributed by atoms with Crippen molar-refractivity contribution >= 4 is 88.6 Å². The van der Waals surface area contributed by atoms with E-state index in [9.17, 15) is 60.1 Å². The van der Waals surface area contributed by atoms with Gasteiger partial charge in [0, 0.05) is 73.4 Å². The lowest BCUT2D eigenvalue weighted by Crippen LogP contribution is -2.42. The third-order valence-corrected chi connectivity index (χ3v) is 16.4. The highest BCUT2D eigenvalue weighted by Crippen LogP contribution is 2.34. The third-order valence-electron chi connectivity index (χ3n) is 12.4. The highest BCUT2D eigenvalue weighted by Gasteiger charge is 2.28. The number of aromatic nitrogens is 2. The first-order chi connectivity index (χ1) is 39.5. The van der Waals surface area contributed by atoms with Gasteiger partial charge in [-0.25, -0.2) is 44.6 Å². The van der Waals surface area contributed by atoms with Crippen LogP contribution < -0.4 is 25.0 Å². The molecule has 0 spiro atoms. The van der Waals surface area contributed by atoms with Crippen molar-refractivity contribution in [1.82, 2.24) is 18.6 Å². The third kappa shape index (κ3) is 20.4. The van der Waals surface area contributed by atoms with Gasteiger partial charge in [0.25, 0.3) is 0 Å². The van der Waals surface area contributed by atoms with E-state index in [0.29, 0.717) is 5.52 Å². The van der Waals surface area contributed by atoms with Gasteiger partial charge in [0.1, 0.15) is 53.1 Å². The van der Waals surface area contributed by atoms with Gasteiger partial charge in [-0.05, 0) is 99.9 Å². The van der Waals surface area contributed by atoms with Gasteiger partial charge in [-0.15, -0.1) is 11.6 Å². The minimum absolute atomic E-state index is 0.00317. The van der Waals surface area contributed by atoms with Crippen molar-refractivity contribution in [3.63, 3.8) is 0 Å². The maximum atomic E-state index is 14.9. The molecule has 0 amide bonds. The van der Waals surface area contributed by atoms with Gasteiger partial charge < -0.3 is 48.1 Å². The Morgan fingerprint density at radius 2 is 1.04 bits per heavy atom. The second-order valence-electron chi connectivity index (χ2n) is 22.4. The molecular formula is C58H73Cl3F2N4O16S2. The number of nitrogens with zero attached hydrogens (tertiary/aromatic N) is 2. The van der Waals surface area contributed by atoms with Gasteiger partial charge in [-0.1, -0.05) is 75.2 Å². The lowest BCUT2D eigenvalue weighted by Gasteiger charge is -2.27. The summed E-state index contributed by atoms with van der Waals surface area (Å²) in [6.45, 7) is 18.4. The Bertz CT molecular complexity index is 3700. The highest BCUT2D eigenvalue weighted by molar-refractivity contribution is 7.90. The van der Waals surface area contributed by atoms with Gasteiger partial charge in [-0.3, -0.25) is 9.59 Å². The number of aromatic carboxylic acids is 2. The Morgan fingerprint density at radius 3 is 1.41 bits per heavy atom. The molecule has 4 aromatic carbocycles. The average Bonchev–Trinajstić information content (AvgIpc) is 1.05. The predicted octanol–water partition coefficient (Wildman–Crippen LogP) is 10.5. The van der Waals surface area contributed by atoms with E-state index in [1.54, 1.807) is 62.8 Å². The number of carbonyl (C=O) groups is 2. The summed E-state index contributed by atoms with van der Waals surface area (Å²) in [7, 11) is -4.23. The number of nitrogens with one attached hydrogen (secondary N) is 2. The van der Waals surface area contributed by atoms with Crippen LogP contribution >= 0.6 is 34.8 Å². The summed E-state index contributed by atoms with van der Waals surface area (Å²) in [5.74, 6) is -5.03. The monoisotopic (exact) mass is 1290 g/mol. The quantitative estimate of drug-likeness (QED) is 0.0214. The lowest BCUT2D eigenvalue weighted by molar-refractivity contribution is -0.0458. The van der Waals surface area contributed by atoms with Crippen LogP contribution in [-0.4, -0.2) is 116 Å². The molecule has 0 fully saturated rings. The fourth-order valence-corrected chi connectivity index (χ4v) is 11.5. The first kappa shape index (κ1) is 71.7. The number of alkyl halides is 1. The number of rotatable bonds is 24. The first-order valence-corrected chi connectivity index (χ1v) is 30.9. The van der Waals surface area contributed by atoms with Crippen molar-refractivity contribution in [3.8, 4) is 11.5 Å². The molecule has 0 aliphatic rings. The molecule has 0 unspecified atom stereocenters. The largest absolute Gasteiger partial charge is 0.508 e. The summed E-state index contributed by atoms with van der Waals surface area (Å²) in [5, 5.41) is 29.8. The maximum Gasteiger partial charge on any atom is 0.341 e. The standard InChI is InChI=1S/C29H36ClFN2O8S.C24H25ClFNO6.C5H12ClNO2S/c1-17(2)24(14-40-15-39-6)33-13-21(28(35)36)27(34)20-11-19(10-18-8-7-9-22(30)26(18)31)25(12-23(20)33)41-16-42(37,38)32-29(3,4)5;1-13(2)20(11-33-12-32-3)27-10-17(24(30)31)23(29)16-8-15(21(28)9-19(16)27)7-14-5-4-6-18(25)22(14)26;1-5(2,3)7-10(8,9)4-6/h7-9,11-13,17,24,32H,10,14-16H2,1-6H3,(H,35,36);4-6,8-10,13,20,28H,7,11-12H2,1-3H3,(H,30,31);7H,4H2,1-3H3/t24-;20-;/m11./s1. The van der Waals surface area contributed by atoms with Gasteiger partial charge >= 0.3 is 11.9 Å². The molecule has 5 N–H and O–H groups in total. The van der Waals surface area contributed by atoms with Crippen LogP contribution in [0.4, 0.5) is 8.78 Å². The van der Waals surface area contributed by atoms with Gasteiger partial charge in [0.15, 0.2) is 0 Å². The number of phenols is 1. The number of carboxylic acids is 2. The summed E-state index contributed by atoms with van der Waals surface area (Å²) in [6.07, 6.45) is 2.36. The lowest BCUT2D eigenvalue weighted by atomic mass is 9.98. The zero-order chi connectivity index (χ0) is 64.1. The molecule has 6 rings (SSSR count). The average molecular weight is 1290 g/mol. The second kappa shape index (κ2) is 30.7. The number of sulfonamides is 2. The SMILES string of the molecule is CC(C)(C)NS(=O)(=O)CCl.COCOC[C@H](C(C)C)n1cc(C(=O)O)c(=O)c2cc(Cc3cccc(Cl)c3F)c(O)cc21.COCOC[C@H](C(C)C)n1cc(C(=O)O)c(=O)c2cc(Cc3cccc(Cl)c3F)c(OCS(=O)(=O)NC(C)(C)C)cc21. The molecule has 27 heteroatoms. The van der Waals surface area contributed by atoms with Crippen LogP contribution in [0.2, 0.25) is 10.0 Å². The molecule has 0 saturated carbocycles. The van der Waals surface area contributed by atoms with Gasteiger partial charge in [-0.2, -0.15) is 0 Å². The molecule has 0 aliphatic heterocycles. The van der Waals surface area contributed by atoms with Crippen molar-refractivity contribution in [2.24, 2.45) is 11.8 Å². The van der Waals surface area contributed by atoms with Crippen molar-refractivity contribution in [2.75, 3.05) is 52.2 Å². The van der Waals surface area contributed by atoms with E-state index < -0.39 is 88.7 Å². The number of aromatic hydroxyl groups is 1. The van der Waals surface area contributed by atoms with Crippen LogP contribution in [0.3, 0.4) is 0 Å². The van der Waals surface area contributed by atoms with Crippen LogP contribution in [0.1, 0.15) is 124 Å². The highest BCUT2D eigenvalue weighted by atomic mass is 35.5. The van der Waals surface area contributed by atoms with Gasteiger partial charge in [0.2, 0.25) is 36.8 Å².